The van der Waals surface area contributed by atoms with Gasteiger partial charge >= 0.3 is 5.97 Å². The summed E-state index contributed by atoms with van der Waals surface area (Å²) in [6.45, 7) is 3.75. The summed E-state index contributed by atoms with van der Waals surface area (Å²) >= 11 is 0. The van der Waals surface area contributed by atoms with Crippen LogP contribution in [0, 0.1) is 13.8 Å². The molecule has 0 bridgehead atoms. The molecule has 0 atom stereocenters. The van der Waals surface area contributed by atoms with Gasteiger partial charge in [0, 0.05) is 5.39 Å². The van der Waals surface area contributed by atoms with E-state index in [1.165, 1.54) is 6.07 Å². The zero-order valence-electron chi connectivity index (χ0n) is 9.00. The highest BCUT2D eigenvalue weighted by Gasteiger charge is 2.11. The highest BCUT2D eigenvalue weighted by Crippen LogP contribution is 2.19. The third-order valence-corrected chi connectivity index (χ3v) is 2.67. The van der Waals surface area contributed by atoms with Gasteiger partial charge in [-0.25, -0.2) is 4.79 Å². The number of aromatic carboxylic acids is 1. The Morgan fingerprint density at radius 2 is 1.88 bits per heavy atom. The second-order valence-corrected chi connectivity index (χ2v) is 3.81. The molecule has 1 aromatic carbocycles. The van der Waals surface area contributed by atoms with Gasteiger partial charge in [-0.1, -0.05) is 12.1 Å². The smallest absolute Gasteiger partial charge is 0.341 e. The number of hydrogen-bond acceptors (Lipinski definition) is 2. The maximum Gasteiger partial charge on any atom is 0.341 e. The van der Waals surface area contributed by atoms with Gasteiger partial charge in [0.1, 0.15) is 5.56 Å². The molecule has 82 valence electrons. The van der Waals surface area contributed by atoms with Gasteiger partial charge in [-0.3, -0.25) is 4.79 Å². The summed E-state index contributed by atoms with van der Waals surface area (Å²) in [4.78, 5) is 25.0. The molecule has 0 aliphatic carbocycles. The monoisotopic (exact) mass is 217 g/mol. The maximum absolute atomic E-state index is 11.5. The van der Waals surface area contributed by atoms with Gasteiger partial charge in [-0.15, -0.1) is 0 Å². The van der Waals surface area contributed by atoms with E-state index in [0.29, 0.717) is 5.52 Å². The minimum absolute atomic E-state index is 0.221. The molecule has 0 fully saturated rings. The molecule has 4 nitrogen and oxygen atoms in total. The van der Waals surface area contributed by atoms with Crippen molar-refractivity contribution in [3.8, 4) is 0 Å². The van der Waals surface area contributed by atoms with E-state index in [1.807, 2.05) is 26.0 Å². The number of carboxylic acids is 1. The molecular weight excluding hydrogens is 206 g/mol. The second-order valence-electron chi connectivity index (χ2n) is 3.81. The predicted octanol–water partition coefficient (Wildman–Crippen LogP) is 1.84. The molecule has 16 heavy (non-hydrogen) atoms. The zero-order valence-corrected chi connectivity index (χ0v) is 9.00. The van der Waals surface area contributed by atoms with Crippen LogP contribution in [0.1, 0.15) is 21.5 Å². The number of aromatic nitrogens is 1. The van der Waals surface area contributed by atoms with Crippen LogP contribution in [0.2, 0.25) is 0 Å². The third-order valence-electron chi connectivity index (χ3n) is 2.67. The number of nitrogens with one attached hydrogen (secondary N) is 1. The number of fused-ring (bicyclic) bond motifs is 1. The van der Waals surface area contributed by atoms with Crippen LogP contribution in [0.25, 0.3) is 10.9 Å². The predicted molar refractivity (Wildman–Crippen MR) is 61.0 cm³/mol. The molecule has 0 unspecified atom stereocenters. The fourth-order valence-corrected chi connectivity index (χ4v) is 1.73. The maximum atomic E-state index is 11.5. The lowest BCUT2D eigenvalue weighted by Crippen LogP contribution is -2.17. The van der Waals surface area contributed by atoms with Crippen LogP contribution in [0.3, 0.4) is 0 Å². The number of rotatable bonds is 1. The lowest BCUT2D eigenvalue weighted by atomic mass is 10.0. The molecule has 0 spiro atoms. The van der Waals surface area contributed by atoms with Gasteiger partial charge in [0.15, 0.2) is 0 Å². The fraction of sp³-hybridized carbons (Fsp3) is 0.167. The average Bonchev–Trinajstić information content (AvgIpc) is 2.23. The summed E-state index contributed by atoms with van der Waals surface area (Å²) in [6.07, 6.45) is 0. The molecule has 0 saturated heterocycles. The number of carboxylic acid groups (broad SMARTS) is 1. The molecule has 0 radical (unpaired) electrons. The van der Waals surface area contributed by atoms with Gasteiger partial charge in [0.05, 0.1) is 5.52 Å². The van der Waals surface area contributed by atoms with E-state index in [9.17, 15) is 9.59 Å². The Hall–Kier alpha value is -2.10. The number of hydrogen-bond donors (Lipinski definition) is 2. The second kappa shape index (κ2) is 3.48. The molecule has 2 rings (SSSR count). The number of aryl methyl sites for hydroxylation is 2. The summed E-state index contributed by atoms with van der Waals surface area (Å²) in [6, 6.07) is 5.23. The summed E-state index contributed by atoms with van der Waals surface area (Å²) in [5.41, 5.74) is 1.79. The van der Waals surface area contributed by atoms with Crippen LogP contribution in [0.15, 0.2) is 23.0 Å². The van der Waals surface area contributed by atoms with E-state index >= 15 is 0 Å². The summed E-state index contributed by atoms with van der Waals surface area (Å²) < 4.78 is 0. The summed E-state index contributed by atoms with van der Waals surface area (Å²) in [5, 5.41) is 9.64. The molecule has 2 N–H and O–H groups in total. The van der Waals surface area contributed by atoms with Crippen LogP contribution in [0.5, 0.6) is 0 Å². The Morgan fingerprint density at radius 3 is 2.50 bits per heavy atom. The quantitative estimate of drug-likeness (QED) is 0.765. The van der Waals surface area contributed by atoms with E-state index in [1.54, 1.807) is 0 Å². The Kier molecular flexibility index (Phi) is 2.27. The molecule has 2 aromatic rings. The molecule has 0 aliphatic heterocycles. The van der Waals surface area contributed by atoms with Crippen LogP contribution in [0.4, 0.5) is 0 Å². The van der Waals surface area contributed by atoms with Crippen molar-refractivity contribution >= 4 is 16.9 Å². The molecule has 0 amide bonds. The van der Waals surface area contributed by atoms with Gasteiger partial charge in [0.2, 0.25) is 0 Å². The number of pyridine rings is 1. The fourth-order valence-electron chi connectivity index (χ4n) is 1.73. The molecule has 1 aromatic heterocycles. The topological polar surface area (TPSA) is 70.2 Å². The minimum Gasteiger partial charge on any atom is -0.477 e. The first-order chi connectivity index (χ1) is 7.50. The van der Waals surface area contributed by atoms with Crippen molar-refractivity contribution in [2.24, 2.45) is 0 Å². The Morgan fingerprint density at radius 1 is 1.25 bits per heavy atom. The van der Waals surface area contributed by atoms with Gasteiger partial charge in [0.25, 0.3) is 5.56 Å². The van der Waals surface area contributed by atoms with Crippen molar-refractivity contribution < 1.29 is 9.90 Å². The SMILES string of the molecule is Cc1ccc(C)c2[nH]c(=O)c(C(=O)O)cc12. The Balaban J connectivity index is 2.95. The first-order valence-corrected chi connectivity index (χ1v) is 4.87. The van der Waals surface area contributed by atoms with Crippen molar-refractivity contribution in [2.45, 2.75) is 13.8 Å². The number of aromatic amines is 1. The number of benzene rings is 1. The summed E-state index contributed by atoms with van der Waals surface area (Å²) in [5.74, 6) is -1.20. The van der Waals surface area contributed by atoms with Gasteiger partial charge in [-0.05, 0) is 31.0 Å². The number of H-pyrrole nitrogens is 1. The van der Waals surface area contributed by atoms with E-state index < -0.39 is 11.5 Å². The minimum atomic E-state index is -1.20. The van der Waals surface area contributed by atoms with E-state index in [2.05, 4.69) is 4.98 Å². The van der Waals surface area contributed by atoms with Crippen LogP contribution < -0.4 is 5.56 Å². The van der Waals surface area contributed by atoms with E-state index in [-0.39, 0.29) is 5.56 Å². The molecule has 0 aliphatic rings. The normalized spacial score (nSPS) is 10.6. The Bertz CT molecular complexity index is 640. The largest absolute Gasteiger partial charge is 0.477 e. The van der Waals surface area contributed by atoms with Crippen molar-refractivity contribution in [3.05, 3.63) is 45.2 Å². The highest BCUT2D eigenvalue weighted by atomic mass is 16.4. The van der Waals surface area contributed by atoms with Crippen molar-refractivity contribution in [1.82, 2.24) is 4.98 Å². The molecule has 0 saturated carbocycles. The summed E-state index contributed by atoms with van der Waals surface area (Å²) in [7, 11) is 0. The Labute approximate surface area is 91.5 Å². The highest BCUT2D eigenvalue weighted by molar-refractivity contribution is 5.94. The lowest BCUT2D eigenvalue weighted by molar-refractivity contribution is 0.0695. The lowest BCUT2D eigenvalue weighted by Gasteiger charge is -2.06. The van der Waals surface area contributed by atoms with Crippen molar-refractivity contribution in [2.75, 3.05) is 0 Å². The average molecular weight is 217 g/mol. The zero-order chi connectivity index (χ0) is 11.9. The standard InChI is InChI=1S/C12H11NO3/c1-6-3-4-7(2)10-8(6)5-9(12(15)16)11(14)13-10/h3-5H,1-2H3,(H,13,14)(H,15,16). The van der Waals surface area contributed by atoms with Crippen molar-refractivity contribution in [1.29, 1.82) is 0 Å². The number of carbonyl (C=O) groups is 1. The van der Waals surface area contributed by atoms with Crippen molar-refractivity contribution in [3.63, 3.8) is 0 Å². The van der Waals surface area contributed by atoms with Crippen LogP contribution in [-0.4, -0.2) is 16.1 Å². The first kappa shape index (κ1) is 10.4. The molecule has 4 heteroatoms. The van der Waals surface area contributed by atoms with Gasteiger partial charge < -0.3 is 10.1 Å². The third kappa shape index (κ3) is 1.48. The van der Waals surface area contributed by atoms with Gasteiger partial charge in [-0.2, -0.15) is 0 Å². The molecular formula is C12H11NO3. The van der Waals surface area contributed by atoms with E-state index in [0.717, 1.165) is 16.5 Å². The van der Waals surface area contributed by atoms with E-state index in [4.69, 9.17) is 5.11 Å². The molecule has 1 heterocycles. The van der Waals surface area contributed by atoms with Crippen LogP contribution >= 0.6 is 0 Å². The van der Waals surface area contributed by atoms with Crippen LogP contribution in [-0.2, 0) is 0 Å². The first-order valence-electron chi connectivity index (χ1n) is 4.87.